The molecule has 0 radical (unpaired) electrons. The number of aryl methyl sites for hydroxylation is 1. The number of amides is 1. The number of rotatable bonds is 4. The number of carboxylic acid groups (broad SMARTS) is 1. The summed E-state index contributed by atoms with van der Waals surface area (Å²) in [5.74, 6) is -1.22. The second kappa shape index (κ2) is 5.48. The van der Waals surface area contributed by atoms with Crippen molar-refractivity contribution in [1.29, 1.82) is 0 Å². The first-order chi connectivity index (χ1) is 8.60. The standard InChI is InChI=1S/C12H16N2O3S/c1-2-10-13-6-9(18-10)11(15)14-8-4-3-7(5-8)12(16)17/h6-8H,2-5H2,1H3,(H,14,15)(H,16,17)/t7-,8-/m0/s1. The van der Waals surface area contributed by atoms with Crippen LogP contribution in [0, 0.1) is 5.92 Å². The number of carboxylic acids is 1. The number of thiazole rings is 1. The molecule has 1 fully saturated rings. The average molecular weight is 268 g/mol. The molecule has 6 heteroatoms. The number of hydrogen-bond donors (Lipinski definition) is 2. The molecule has 1 aromatic rings. The van der Waals surface area contributed by atoms with Crippen LogP contribution in [0.3, 0.4) is 0 Å². The van der Waals surface area contributed by atoms with Crippen LogP contribution in [-0.4, -0.2) is 28.0 Å². The number of nitrogens with zero attached hydrogens (tertiary/aromatic N) is 1. The first-order valence-electron chi connectivity index (χ1n) is 6.08. The number of carbonyl (C=O) groups is 2. The molecule has 0 spiro atoms. The van der Waals surface area contributed by atoms with E-state index in [9.17, 15) is 9.59 Å². The molecule has 1 saturated carbocycles. The van der Waals surface area contributed by atoms with E-state index < -0.39 is 5.97 Å². The normalized spacial score (nSPS) is 22.9. The highest BCUT2D eigenvalue weighted by atomic mass is 32.1. The zero-order chi connectivity index (χ0) is 13.1. The SMILES string of the molecule is CCc1ncc(C(=O)N[C@H]2CC[C@H](C(=O)O)C2)s1. The molecule has 5 nitrogen and oxygen atoms in total. The van der Waals surface area contributed by atoms with Gasteiger partial charge < -0.3 is 10.4 Å². The van der Waals surface area contributed by atoms with E-state index in [-0.39, 0.29) is 17.9 Å². The van der Waals surface area contributed by atoms with Crippen molar-refractivity contribution < 1.29 is 14.7 Å². The van der Waals surface area contributed by atoms with E-state index in [1.165, 1.54) is 11.3 Å². The molecule has 2 rings (SSSR count). The number of carbonyl (C=O) groups excluding carboxylic acids is 1. The van der Waals surface area contributed by atoms with Crippen LogP contribution in [0.25, 0.3) is 0 Å². The molecular formula is C12H16N2O3S. The molecule has 0 bridgehead atoms. The molecule has 18 heavy (non-hydrogen) atoms. The Hall–Kier alpha value is -1.43. The Morgan fingerprint density at radius 3 is 2.89 bits per heavy atom. The van der Waals surface area contributed by atoms with Gasteiger partial charge in [-0.15, -0.1) is 11.3 Å². The molecule has 0 aliphatic heterocycles. The molecule has 1 heterocycles. The van der Waals surface area contributed by atoms with Crippen LogP contribution in [0.5, 0.6) is 0 Å². The summed E-state index contributed by atoms with van der Waals surface area (Å²) < 4.78 is 0. The molecule has 1 aromatic heterocycles. The maximum absolute atomic E-state index is 11.9. The lowest BCUT2D eigenvalue weighted by atomic mass is 10.1. The van der Waals surface area contributed by atoms with Crippen LogP contribution in [-0.2, 0) is 11.2 Å². The predicted octanol–water partition coefficient (Wildman–Crippen LogP) is 1.69. The van der Waals surface area contributed by atoms with Crippen molar-refractivity contribution in [3.8, 4) is 0 Å². The van der Waals surface area contributed by atoms with Gasteiger partial charge in [-0.1, -0.05) is 6.92 Å². The Labute approximate surface area is 109 Å². The van der Waals surface area contributed by atoms with Crippen LogP contribution in [0.2, 0.25) is 0 Å². The second-order valence-electron chi connectivity index (χ2n) is 4.49. The van der Waals surface area contributed by atoms with Gasteiger partial charge in [-0.2, -0.15) is 0 Å². The summed E-state index contributed by atoms with van der Waals surface area (Å²) in [7, 11) is 0. The molecule has 1 aliphatic carbocycles. The third-order valence-corrected chi connectivity index (χ3v) is 4.34. The van der Waals surface area contributed by atoms with E-state index in [1.807, 2.05) is 6.92 Å². The molecule has 98 valence electrons. The Morgan fingerprint density at radius 1 is 1.56 bits per heavy atom. The second-order valence-corrected chi connectivity index (χ2v) is 5.61. The summed E-state index contributed by atoms with van der Waals surface area (Å²) in [6, 6.07) is -0.0224. The minimum atomic E-state index is -0.766. The van der Waals surface area contributed by atoms with Crippen LogP contribution in [0.4, 0.5) is 0 Å². The number of hydrogen-bond acceptors (Lipinski definition) is 4. The number of aliphatic carboxylic acids is 1. The Morgan fingerprint density at radius 2 is 2.33 bits per heavy atom. The Kier molecular flexibility index (Phi) is 3.96. The van der Waals surface area contributed by atoms with E-state index in [4.69, 9.17) is 5.11 Å². The van der Waals surface area contributed by atoms with Gasteiger partial charge in [0.2, 0.25) is 0 Å². The van der Waals surface area contributed by atoms with Crippen molar-refractivity contribution in [2.75, 3.05) is 0 Å². The Bertz CT molecular complexity index is 458. The fourth-order valence-corrected chi connectivity index (χ4v) is 2.93. The van der Waals surface area contributed by atoms with Crippen molar-refractivity contribution in [1.82, 2.24) is 10.3 Å². The summed E-state index contributed by atoms with van der Waals surface area (Å²) >= 11 is 1.39. The lowest BCUT2D eigenvalue weighted by Gasteiger charge is -2.10. The van der Waals surface area contributed by atoms with Gasteiger partial charge in [0.1, 0.15) is 4.88 Å². The molecule has 1 aliphatic rings. The largest absolute Gasteiger partial charge is 0.481 e. The van der Waals surface area contributed by atoms with Crippen molar-refractivity contribution >= 4 is 23.2 Å². The quantitative estimate of drug-likeness (QED) is 0.871. The third-order valence-electron chi connectivity index (χ3n) is 3.20. The maximum Gasteiger partial charge on any atom is 0.306 e. The van der Waals surface area contributed by atoms with Crippen molar-refractivity contribution in [2.24, 2.45) is 5.92 Å². The first-order valence-corrected chi connectivity index (χ1v) is 6.90. The van der Waals surface area contributed by atoms with Gasteiger partial charge in [0.15, 0.2) is 0 Å². The predicted molar refractivity (Wildman–Crippen MR) is 67.7 cm³/mol. The topological polar surface area (TPSA) is 79.3 Å². The van der Waals surface area contributed by atoms with Crippen LogP contribution in [0.1, 0.15) is 40.9 Å². The summed E-state index contributed by atoms with van der Waals surface area (Å²) in [5.41, 5.74) is 0. The van der Waals surface area contributed by atoms with Gasteiger partial charge in [0.25, 0.3) is 5.91 Å². The average Bonchev–Trinajstić information content (AvgIpc) is 2.96. The summed E-state index contributed by atoms with van der Waals surface area (Å²) in [4.78, 5) is 27.5. The van der Waals surface area contributed by atoms with Gasteiger partial charge in [-0.3, -0.25) is 9.59 Å². The molecule has 0 aromatic carbocycles. The van der Waals surface area contributed by atoms with E-state index in [2.05, 4.69) is 10.3 Å². The Balaban J connectivity index is 1.90. The lowest BCUT2D eigenvalue weighted by molar-refractivity contribution is -0.141. The van der Waals surface area contributed by atoms with Crippen LogP contribution < -0.4 is 5.32 Å². The molecule has 2 atom stereocenters. The molecule has 1 amide bonds. The van der Waals surface area contributed by atoms with Gasteiger partial charge >= 0.3 is 5.97 Å². The zero-order valence-corrected chi connectivity index (χ0v) is 11.0. The highest BCUT2D eigenvalue weighted by molar-refractivity contribution is 7.13. The van der Waals surface area contributed by atoms with E-state index in [0.29, 0.717) is 17.7 Å². The monoisotopic (exact) mass is 268 g/mol. The minimum Gasteiger partial charge on any atom is -0.481 e. The maximum atomic E-state index is 11.9. The highest BCUT2D eigenvalue weighted by Gasteiger charge is 2.30. The molecule has 2 N–H and O–H groups in total. The molecular weight excluding hydrogens is 252 g/mol. The number of nitrogens with one attached hydrogen (secondary N) is 1. The highest BCUT2D eigenvalue weighted by Crippen LogP contribution is 2.26. The minimum absolute atomic E-state index is 0.0224. The van der Waals surface area contributed by atoms with Gasteiger partial charge in [-0.25, -0.2) is 4.98 Å². The summed E-state index contributed by atoms with van der Waals surface area (Å²) in [6.45, 7) is 1.99. The van der Waals surface area contributed by atoms with Crippen LogP contribution in [0.15, 0.2) is 6.20 Å². The summed E-state index contributed by atoms with van der Waals surface area (Å²) in [5, 5.41) is 12.7. The molecule has 0 unspecified atom stereocenters. The van der Waals surface area contributed by atoms with Crippen molar-refractivity contribution in [3.63, 3.8) is 0 Å². The number of aromatic nitrogens is 1. The summed E-state index contributed by atoms with van der Waals surface area (Å²) in [6.07, 6.45) is 4.32. The van der Waals surface area contributed by atoms with Crippen molar-refractivity contribution in [2.45, 2.75) is 38.6 Å². The van der Waals surface area contributed by atoms with Gasteiger partial charge in [0.05, 0.1) is 17.1 Å². The fourth-order valence-electron chi connectivity index (χ4n) is 2.17. The molecule has 0 saturated heterocycles. The third kappa shape index (κ3) is 2.87. The van der Waals surface area contributed by atoms with Gasteiger partial charge in [-0.05, 0) is 25.7 Å². The fraction of sp³-hybridized carbons (Fsp3) is 0.583. The lowest BCUT2D eigenvalue weighted by Crippen LogP contribution is -2.32. The van der Waals surface area contributed by atoms with E-state index in [1.54, 1.807) is 6.20 Å². The van der Waals surface area contributed by atoms with Gasteiger partial charge in [0, 0.05) is 6.04 Å². The zero-order valence-electron chi connectivity index (χ0n) is 10.2. The van der Waals surface area contributed by atoms with Crippen LogP contribution >= 0.6 is 11.3 Å². The van der Waals surface area contributed by atoms with E-state index >= 15 is 0 Å². The smallest absolute Gasteiger partial charge is 0.306 e. The van der Waals surface area contributed by atoms with E-state index in [0.717, 1.165) is 17.8 Å². The first kappa shape index (κ1) is 13.0. The van der Waals surface area contributed by atoms with Crippen molar-refractivity contribution in [3.05, 3.63) is 16.1 Å².